The van der Waals surface area contributed by atoms with Gasteiger partial charge in [0, 0.05) is 30.2 Å². The van der Waals surface area contributed by atoms with Crippen LogP contribution in [0.3, 0.4) is 0 Å². The molecule has 0 atom stereocenters. The summed E-state index contributed by atoms with van der Waals surface area (Å²) in [6.45, 7) is 2.27. The van der Waals surface area contributed by atoms with Crippen molar-refractivity contribution in [3.05, 3.63) is 28.3 Å². The monoisotopic (exact) mass is 323 g/mol. The summed E-state index contributed by atoms with van der Waals surface area (Å²) in [6.07, 6.45) is 5.84. The largest absolute Gasteiger partial charge is 0.357 e. The first-order chi connectivity index (χ1) is 8.83. The summed E-state index contributed by atoms with van der Waals surface area (Å²) in [4.78, 5) is 11.3. The molecule has 3 nitrogen and oxygen atoms in total. The Morgan fingerprint density at radius 2 is 2.00 bits per heavy atom. The van der Waals surface area contributed by atoms with Gasteiger partial charge in [0.1, 0.15) is 15.4 Å². The molecule has 0 spiro atoms. The van der Waals surface area contributed by atoms with Crippen LogP contribution in [-0.4, -0.2) is 23.1 Å². The van der Waals surface area contributed by atoms with Crippen LogP contribution >= 0.6 is 27.3 Å². The Kier molecular flexibility index (Phi) is 3.61. The molecule has 1 fully saturated rings. The molecule has 0 aliphatic carbocycles. The van der Waals surface area contributed by atoms with E-state index in [0.29, 0.717) is 0 Å². The Hall–Kier alpha value is -0.940. The predicted octanol–water partition coefficient (Wildman–Crippen LogP) is 3.96. The van der Waals surface area contributed by atoms with Crippen molar-refractivity contribution in [2.45, 2.75) is 19.3 Å². The maximum Gasteiger partial charge on any atom is 0.128 e. The van der Waals surface area contributed by atoms with Crippen LogP contribution in [0.15, 0.2) is 28.3 Å². The molecule has 0 radical (unpaired) electrons. The van der Waals surface area contributed by atoms with Gasteiger partial charge in [0.15, 0.2) is 0 Å². The van der Waals surface area contributed by atoms with Crippen molar-refractivity contribution >= 4 is 33.1 Å². The second-order valence-corrected chi connectivity index (χ2v) is 6.10. The van der Waals surface area contributed by atoms with Crippen molar-refractivity contribution in [3.63, 3.8) is 0 Å². The smallest absolute Gasteiger partial charge is 0.128 e. The Labute approximate surface area is 119 Å². The van der Waals surface area contributed by atoms with Gasteiger partial charge < -0.3 is 4.90 Å². The van der Waals surface area contributed by atoms with Crippen molar-refractivity contribution in [3.8, 4) is 10.6 Å². The van der Waals surface area contributed by atoms with Crippen molar-refractivity contribution < 1.29 is 0 Å². The number of hydrogen-bond acceptors (Lipinski definition) is 4. The minimum atomic E-state index is 0.891. The number of thiazole rings is 1. The summed E-state index contributed by atoms with van der Waals surface area (Å²) >= 11 is 5.01. The van der Waals surface area contributed by atoms with E-state index in [4.69, 9.17) is 0 Å². The van der Waals surface area contributed by atoms with Crippen LogP contribution in [0, 0.1) is 0 Å². The van der Waals surface area contributed by atoms with Crippen molar-refractivity contribution in [2.75, 3.05) is 18.0 Å². The SMILES string of the molecule is Brc1csc(-c2ccc(N3CCCCC3)nc2)n1. The van der Waals surface area contributed by atoms with E-state index in [1.54, 1.807) is 11.3 Å². The molecule has 5 heteroatoms. The number of hydrogen-bond donors (Lipinski definition) is 0. The molecular formula is C13H14BrN3S. The quantitative estimate of drug-likeness (QED) is 0.837. The maximum absolute atomic E-state index is 4.57. The molecule has 18 heavy (non-hydrogen) atoms. The fourth-order valence-electron chi connectivity index (χ4n) is 2.21. The lowest BCUT2D eigenvalue weighted by atomic mass is 10.1. The molecule has 3 heterocycles. The summed E-state index contributed by atoms with van der Waals surface area (Å²) < 4.78 is 0.891. The molecule has 2 aromatic rings. The van der Waals surface area contributed by atoms with Crippen LogP contribution in [0.1, 0.15) is 19.3 Å². The van der Waals surface area contributed by atoms with E-state index in [-0.39, 0.29) is 0 Å². The molecule has 0 saturated carbocycles. The minimum Gasteiger partial charge on any atom is -0.357 e. The Balaban J connectivity index is 1.80. The van der Waals surface area contributed by atoms with Gasteiger partial charge in [-0.3, -0.25) is 0 Å². The van der Waals surface area contributed by atoms with E-state index in [9.17, 15) is 0 Å². The van der Waals surface area contributed by atoms with Crippen molar-refractivity contribution in [2.24, 2.45) is 0 Å². The number of aromatic nitrogens is 2. The van der Waals surface area contributed by atoms with Crippen LogP contribution in [0.4, 0.5) is 5.82 Å². The minimum absolute atomic E-state index is 0.891. The topological polar surface area (TPSA) is 29.0 Å². The van der Waals surface area contributed by atoms with Crippen molar-refractivity contribution in [1.29, 1.82) is 0 Å². The zero-order valence-electron chi connectivity index (χ0n) is 9.97. The lowest BCUT2D eigenvalue weighted by molar-refractivity contribution is 0.573. The molecule has 2 aromatic heterocycles. The van der Waals surface area contributed by atoms with Crippen molar-refractivity contribution in [1.82, 2.24) is 9.97 Å². The number of piperidine rings is 1. The lowest BCUT2D eigenvalue weighted by Crippen LogP contribution is -2.29. The summed E-state index contributed by atoms with van der Waals surface area (Å²) in [5.41, 5.74) is 1.09. The van der Waals surface area contributed by atoms with E-state index >= 15 is 0 Å². The predicted molar refractivity (Wildman–Crippen MR) is 79.1 cm³/mol. The molecule has 0 amide bonds. The molecule has 0 unspecified atom stereocenters. The molecule has 1 aliphatic heterocycles. The molecule has 0 aromatic carbocycles. The fraction of sp³-hybridized carbons (Fsp3) is 0.385. The fourth-order valence-corrected chi connectivity index (χ4v) is 3.45. The second kappa shape index (κ2) is 5.36. The van der Waals surface area contributed by atoms with Gasteiger partial charge in [0.2, 0.25) is 0 Å². The standard InChI is InChI=1S/C13H14BrN3S/c14-11-9-18-13(16-11)10-4-5-12(15-8-10)17-6-2-1-3-7-17/h4-5,8-9H,1-3,6-7H2. The summed E-state index contributed by atoms with van der Waals surface area (Å²) in [5.74, 6) is 1.09. The van der Waals surface area contributed by atoms with Gasteiger partial charge in [-0.05, 0) is 47.3 Å². The average Bonchev–Trinajstić information content (AvgIpc) is 2.87. The molecule has 1 saturated heterocycles. The van der Waals surface area contributed by atoms with Crippen LogP contribution < -0.4 is 4.90 Å². The highest BCUT2D eigenvalue weighted by atomic mass is 79.9. The normalized spacial score (nSPS) is 15.9. The zero-order valence-corrected chi connectivity index (χ0v) is 12.4. The highest BCUT2D eigenvalue weighted by Gasteiger charge is 2.12. The molecule has 0 bridgehead atoms. The van der Waals surface area contributed by atoms with E-state index < -0.39 is 0 Å². The number of nitrogens with zero attached hydrogens (tertiary/aromatic N) is 3. The lowest BCUT2D eigenvalue weighted by Gasteiger charge is -2.27. The number of pyridine rings is 1. The highest BCUT2D eigenvalue weighted by molar-refractivity contribution is 9.10. The van der Waals surface area contributed by atoms with E-state index in [1.807, 2.05) is 11.6 Å². The van der Waals surface area contributed by atoms with Gasteiger partial charge in [-0.15, -0.1) is 11.3 Å². The Bertz CT molecular complexity index is 517. The number of rotatable bonds is 2. The van der Waals surface area contributed by atoms with E-state index in [0.717, 1.165) is 34.1 Å². The molecule has 94 valence electrons. The van der Waals surface area contributed by atoms with E-state index in [2.05, 4.69) is 42.9 Å². The summed E-state index contributed by atoms with van der Waals surface area (Å²) in [6, 6.07) is 4.22. The first kappa shape index (κ1) is 12.1. The molecular weight excluding hydrogens is 310 g/mol. The maximum atomic E-state index is 4.57. The van der Waals surface area contributed by atoms with Crippen LogP contribution in [0.2, 0.25) is 0 Å². The Morgan fingerprint density at radius 1 is 1.17 bits per heavy atom. The third-order valence-electron chi connectivity index (χ3n) is 3.15. The van der Waals surface area contributed by atoms with Crippen LogP contribution in [0.5, 0.6) is 0 Å². The van der Waals surface area contributed by atoms with Gasteiger partial charge >= 0.3 is 0 Å². The summed E-state index contributed by atoms with van der Waals surface area (Å²) in [5, 5.41) is 3.01. The van der Waals surface area contributed by atoms with Gasteiger partial charge in [-0.25, -0.2) is 9.97 Å². The first-order valence-corrected chi connectivity index (χ1v) is 7.82. The van der Waals surface area contributed by atoms with Gasteiger partial charge in [-0.1, -0.05) is 0 Å². The molecule has 3 rings (SSSR count). The first-order valence-electron chi connectivity index (χ1n) is 6.15. The van der Waals surface area contributed by atoms with Crippen LogP contribution in [0.25, 0.3) is 10.6 Å². The summed E-state index contributed by atoms with van der Waals surface area (Å²) in [7, 11) is 0. The third kappa shape index (κ3) is 2.57. The van der Waals surface area contributed by atoms with Gasteiger partial charge in [-0.2, -0.15) is 0 Å². The average molecular weight is 324 g/mol. The molecule has 0 N–H and O–H groups in total. The Morgan fingerprint density at radius 3 is 2.61 bits per heavy atom. The molecule has 1 aliphatic rings. The van der Waals surface area contributed by atoms with E-state index in [1.165, 1.54) is 19.3 Å². The van der Waals surface area contributed by atoms with Gasteiger partial charge in [0.25, 0.3) is 0 Å². The highest BCUT2D eigenvalue weighted by Crippen LogP contribution is 2.27. The number of halogens is 1. The zero-order chi connectivity index (χ0) is 12.4. The van der Waals surface area contributed by atoms with Gasteiger partial charge in [0.05, 0.1) is 0 Å². The third-order valence-corrected chi connectivity index (χ3v) is 4.75. The van der Waals surface area contributed by atoms with Crippen LogP contribution in [-0.2, 0) is 0 Å². The second-order valence-electron chi connectivity index (χ2n) is 4.43. The number of anilines is 1.